The van der Waals surface area contributed by atoms with E-state index in [2.05, 4.69) is 13.8 Å². The summed E-state index contributed by atoms with van der Waals surface area (Å²) < 4.78 is 0. The van der Waals surface area contributed by atoms with Crippen molar-refractivity contribution in [1.29, 1.82) is 0 Å². The van der Waals surface area contributed by atoms with E-state index >= 15 is 0 Å². The fourth-order valence-corrected chi connectivity index (χ4v) is 5.28. The molecule has 0 saturated heterocycles. The number of carboxylic acids is 2. The molecule has 0 saturated carbocycles. The molecule has 0 aromatic rings. The molecule has 0 unspecified atom stereocenters. The molecule has 0 spiro atoms. The van der Waals surface area contributed by atoms with Gasteiger partial charge in [-0.05, 0) is 25.7 Å². The quantitative estimate of drug-likeness (QED) is 0.0511. The van der Waals surface area contributed by atoms with E-state index < -0.39 is 11.9 Å². The molecule has 5 nitrogen and oxygen atoms in total. The van der Waals surface area contributed by atoms with E-state index in [1.807, 2.05) is 0 Å². The molecule has 0 aliphatic carbocycles. The van der Waals surface area contributed by atoms with Crippen molar-refractivity contribution < 1.29 is 64.2 Å². The fraction of sp³-hybridized carbons (Fsp3) is 0.944. The van der Waals surface area contributed by atoms with Gasteiger partial charge in [0, 0.05) is 11.9 Å². The average Bonchev–Trinajstić information content (AvgIpc) is 2.93. The second-order valence-corrected chi connectivity index (χ2v) is 12.1. The molecule has 0 bridgehead atoms. The van der Waals surface area contributed by atoms with Crippen LogP contribution in [0.2, 0.25) is 0 Å². The van der Waals surface area contributed by atoms with Crippen LogP contribution in [0.15, 0.2) is 0 Å². The molecule has 0 heterocycles. The van der Waals surface area contributed by atoms with Gasteiger partial charge in [-0.25, -0.2) is 0 Å². The monoisotopic (exact) mass is 710 g/mol. The van der Waals surface area contributed by atoms with Crippen LogP contribution in [-0.4, -0.2) is 11.9 Å². The van der Waals surface area contributed by atoms with E-state index in [1.165, 1.54) is 167 Å². The Hall–Kier alpha value is 0.147. The van der Waals surface area contributed by atoms with E-state index in [1.54, 1.807) is 0 Å². The van der Waals surface area contributed by atoms with Gasteiger partial charge in [0.05, 0.1) is 0 Å². The van der Waals surface area contributed by atoms with Crippen LogP contribution in [0, 0.1) is 0 Å². The Labute approximate surface area is 294 Å². The first-order chi connectivity index (χ1) is 19.5. The molecule has 0 aliphatic heterocycles. The van der Waals surface area contributed by atoms with Crippen molar-refractivity contribution in [3.05, 3.63) is 0 Å². The van der Waals surface area contributed by atoms with Crippen LogP contribution in [0.3, 0.4) is 0 Å². The van der Waals surface area contributed by atoms with Crippen LogP contribution >= 0.6 is 0 Å². The molecule has 0 amide bonds. The smallest absolute Gasteiger partial charge is 2.00 e. The van der Waals surface area contributed by atoms with Gasteiger partial charge >= 0.3 is 39.0 Å². The molecular weight excluding hydrogens is 643 g/mol. The van der Waals surface area contributed by atoms with Crippen LogP contribution < -0.4 is 10.2 Å². The maximum Gasteiger partial charge on any atom is 2.00 e. The molecule has 43 heavy (non-hydrogen) atoms. The van der Waals surface area contributed by atoms with Gasteiger partial charge in [-0.2, -0.15) is 0 Å². The Morgan fingerprint density at radius 1 is 0.326 bits per heavy atom. The van der Waals surface area contributed by atoms with E-state index in [0.717, 1.165) is 25.7 Å². The minimum Gasteiger partial charge on any atom is -2.00 e. The summed E-state index contributed by atoms with van der Waals surface area (Å²) in [5.41, 5.74) is 0. The van der Waals surface area contributed by atoms with Crippen molar-refractivity contribution >= 4 is 11.9 Å². The molecule has 7 heteroatoms. The van der Waals surface area contributed by atoms with Crippen molar-refractivity contribution in [1.82, 2.24) is 0 Å². The number of aliphatic carboxylic acids is 2. The van der Waals surface area contributed by atoms with Gasteiger partial charge in [-0.15, -0.1) is 0 Å². The van der Waals surface area contributed by atoms with E-state index in [-0.39, 0.29) is 57.3 Å². The predicted octanol–water partition coefficient (Wildman–Crippen LogP) is 9.87. The number of unbranched alkanes of at least 4 members (excludes halogenated alkanes) is 28. The van der Waals surface area contributed by atoms with Crippen molar-refractivity contribution in [2.75, 3.05) is 0 Å². The fourth-order valence-electron chi connectivity index (χ4n) is 5.28. The first-order valence-electron chi connectivity index (χ1n) is 17.9. The minimum absolute atomic E-state index is 0. The van der Waals surface area contributed by atoms with E-state index in [9.17, 15) is 19.8 Å². The van der Waals surface area contributed by atoms with Gasteiger partial charge in [0.15, 0.2) is 0 Å². The molecule has 0 rings (SSSR count). The van der Waals surface area contributed by atoms with Gasteiger partial charge in [0.25, 0.3) is 0 Å². The Balaban J connectivity index is -0.000000209. The largest absolute Gasteiger partial charge is 2.00 e. The molecule has 0 aromatic heterocycles. The maximum absolute atomic E-state index is 10.2. The third-order valence-electron chi connectivity index (χ3n) is 7.97. The zero-order valence-corrected chi connectivity index (χ0v) is 35.0. The van der Waals surface area contributed by atoms with E-state index in [0.29, 0.717) is 0 Å². The number of carbonyl (C=O) groups excluding carboxylic acids is 2. The Kier molecular flexibility index (Phi) is 60.1. The minimum atomic E-state index is -0.903. The first-order valence-corrected chi connectivity index (χ1v) is 17.9. The Morgan fingerprint density at radius 3 is 0.605 bits per heavy atom. The van der Waals surface area contributed by atoms with Crippen LogP contribution in [-0.2, 0) is 54.0 Å². The summed E-state index contributed by atoms with van der Waals surface area (Å²) in [6.07, 6.45) is 39.7. The van der Waals surface area contributed by atoms with Crippen molar-refractivity contribution in [3.8, 4) is 0 Å². The number of hydrogen-bond acceptors (Lipinski definition) is 4. The zero-order chi connectivity index (χ0) is 29.8. The molecule has 0 N–H and O–H groups in total. The second kappa shape index (κ2) is 49.0. The van der Waals surface area contributed by atoms with Crippen LogP contribution in [0.5, 0.6) is 0 Å². The first kappa shape index (κ1) is 52.7. The Bertz CT molecular complexity index is 462. The van der Waals surface area contributed by atoms with Crippen molar-refractivity contribution in [2.45, 2.75) is 219 Å². The summed E-state index contributed by atoms with van der Waals surface area (Å²) in [5.74, 6) is -1.81. The topological polar surface area (TPSA) is 109 Å². The normalized spacial score (nSPS) is 10.1. The summed E-state index contributed by atoms with van der Waals surface area (Å²) in [6, 6.07) is 0. The summed E-state index contributed by atoms with van der Waals surface area (Å²) in [7, 11) is 0. The second-order valence-electron chi connectivity index (χ2n) is 12.1. The molecule has 0 aliphatic rings. The molecule has 0 radical (unpaired) electrons. The molecule has 0 fully saturated rings. The summed E-state index contributed by atoms with van der Waals surface area (Å²) in [5, 5.41) is 20.4. The van der Waals surface area contributed by atoms with Gasteiger partial charge in [-0.1, -0.05) is 194 Å². The van der Waals surface area contributed by atoms with Crippen LogP contribution in [0.1, 0.15) is 219 Å². The van der Waals surface area contributed by atoms with Crippen LogP contribution in [0.4, 0.5) is 0 Å². The molecule has 248 valence electrons. The SMILES string of the molecule is CCCCCCCCCCCCCCCCCC(=O)[O-].CCCCCCCCCCCCCCCCCC(=O)[O-].[O-2].[Zn+2].[Zn+2]. The summed E-state index contributed by atoms with van der Waals surface area (Å²) in [6.45, 7) is 4.53. The molecule has 0 aromatic carbocycles. The van der Waals surface area contributed by atoms with Crippen molar-refractivity contribution in [2.24, 2.45) is 0 Å². The standard InChI is InChI=1S/2C18H36O2.O.2Zn/c2*1-2-3-4-5-6-7-8-9-10-11-12-13-14-15-16-17-18(19)20;;;/h2*2-17H2,1H3,(H,19,20);;;/q;;-2;2*+2/p-2. The number of carboxylic acid groups (broad SMARTS) is 2. The summed E-state index contributed by atoms with van der Waals surface area (Å²) >= 11 is 0. The number of carbonyl (C=O) groups is 2. The Morgan fingerprint density at radius 2 is 0.465 bits per heavy atom. The molecular formula is C36H70O5Zn2. The van der Waals surface area contributed by atoms with Gasteiger partial charge < -0.3 is 25.3 Å². The average molecular weight is 714 g/mol. The summed E-state index contributed by atoms with van der Waals surface area (Å²) in [4.78, 5) is 20.4. The zero-order valence-electron chi connectivity index (χ0n) is 29.1. The predicted molar refractivity (Wildman–Crippen MR) is 170 cm³/mol. The van der Waals surface area contributed by atoms with Gasteiger partial charge in [0.1, 0.15) is 0 Å². The van der Waals surface area contributed by atoms with Crippen molar-refractivity contribution in [3.63, 3.8) is 0 Å². The number of hydrogen-bond donors (Lipinski definition) is 0. The third-order valence-corrected chi connectivity index (χ3v) is 7.97. The number of rotatable bonds is 32. The third kappa shape index (κ3) is 58.3. The van der Waals surface area contributed by atoms with Gasteiger partial charge in [0.2, 0.25) is 0 Å². The maximum atomic E-state index is 10.2. The van der Waals surface area contributed by atoms with E-state index in [4.69, 9.17) is 0 Å². The van der Waals surface area contributed by atoms with Crippen LogP contribution in [0.25, 0.3) is 0 Å². The molecule has 0 atom stereocenters. The van der Waals surface area contributed by atoms with Gasteiger partial charge in [-0.3, -0.25) is 0 Å².